The number of pyridine rings is 1. The van der Waals surface area contributed by atoms with Crippen LogP contribution in [0.1, 0.15) is 0 Å². The van der Waals surface area contributed by atoms with Crippen LogP contribution in [0.3, 0.4) is 0 Å². The van der Waals surface area contributed by atoms with Gasteiger partial charge in [-0.15, -0.1) is 0 Å². The summed E-state index contributed by atoms with van der Waals surface area (Å²) in [6.07, 6.45) is 0. The molecule has 4 nitrogen and oxygen atoms in total. The third-order valence-corrected chi connectivity index (χ3v) is 5.07. The average Bonchev–Trinajstić information content (AvgIpc) is 2.70. The molecule has 0 spiro atoms. The van der Waals surface area contributed by atoms with Crippen LogP contribution in [0, 0.1) is 0 Å². The van der Waals surface area contributed by atoms with Crippen molar-refractivity contribution in [2.24, 2.45) is 7.05 Å². The van der Waals surface area contributed by atoms with Crippen molar-refractivity contribution in [2.45, 2.75) is 0 Å². The Balaban J connectivity index is 2.08. The standard InChI is InChI=1S/C23H15NO3/c1-24-18(15-8-3-2-4-9-15)13-17-20-16-10-6-5-7-14(16)11-12-19(20)27-23(26)21(17)22(24)25/h2-13H,1H3. The van der Waals surface area contributed by atoms with Gasteiger partial charge in [-0.2, -0.15) is 0 Å². The zero-order chi connectivity index (χ0) is 18.5. The summed E-state index contributed by atoms with van der Waals surface area (Å²) in [6.45, 7) is 0. The predicted octanol–water partition coefficient (Wildman–Crippen LogP) is 4.47. The molecule has 0 saturated heterocycles. The molecule has 5 aromatic rings. The van der Waals surface area contributed by atoms with E-state index in [0.29, 0.717) is 11.0 Å². The van der Waals surface area contributed by atoms with Crippen LogP contribution in [-0.4, -0.2) is 4.57 Å². The van der Waals surface area contributed by atoms with Crippen LogP contribution in [0.25, 0.3) is 43.8 Å². The number of hydrogen-bond acceptors (Lipinski definition) is 3. The third kappa shape index (κ3) is 2.23. The molecule has 4 heteroatoms. The van der Waals surface area contributed by atoms with E-state index in [-0.39, 0.29) is 10.9 Å². The molecule has 5 rings (SSSR count). The topological polar surface area (TPSA) is 52.2 Å². The Hall–Kier alpha value is -3.66. The molecule has 0 bridgehead atoms. The Kier molecular flexibility index (Phi) is 3.28. The fraction of sp³-hybridized carbons (Fsp3) is 0.0435. The summed E-state index contributed by atoms with van der Waals surface area (Å²) in [5, 5.41) is 3.48. The van der Waals surface area contributed by atoms with E-state index in [1.807, 2.05) is 66.7 Å². The first-order valence-corrected chi connectivity index (χ1v) is 8.69. The first-order chi connectivity index (χ1) is 13.1. The smallest absolute Gasteiger partial charge is 0.349 e. The minimum atomic E-state index is -0.604. The van der Waals surface area contributed by atoms with Crippen LogP contribution >= 0.6 is 0 Å². The highest BCUT2D eigenvalue weighted by Gasteiger charge is 2.17. The van der Waals surface area contributed by atoms with Gasteiger partial charge in [-0.3, -0.25) is 4.79 Å². The van der Waals surface area contributed by atoms with Crippen molar-refractivity contribution in [1.82, 2.24) is 4.57 Å². The van der Waals surface area contributed by atoms with E-state index in [0.717, 1.165) is 27.4 Å². The second-order valence-corrected chi connectivity index (χ2v) is 6.60. The first kappa shape index (κ1) is 15.6. The summed E-state index contributed by atoms with van der Waals surface area (Å²) in [5.41, 5.74) is 1.20. The Morgan fingerprint density at radius 3 is 2.33 bits per heavy atom. The summed E-state index contributed by atoms with van der Waals surface area (Å²) < 4.78 is 7.00. The number of aromatic nitrogens is 1. The summed E-state index contributed by atoms with van der Waals surface area (Å²) in [6, 6.07) is 23.2. The number of benzene rings is 3. The van der Waals surface area contributed by atoms with Gasteiger partial charge in [0.1, 0.15) is 11.0 Å². The Morgan fingerprint density at radius 2 is 1.52 bits per heavy atom. The maximum atomic E-state index is 13.0. The van der Waals surface area contributed by atoms with E-state index >= 15 is 0 Å². The molecule has 2 heterocycles. The van der Waals surface area contributed by atoms with Gasteiger partial charge < -0.3 is 8.98 Å². The van der Waals surface area contributed by atoms with Crippen molar-refractivity contribution >= 4 is 32.5 Å². The molecule has 0 N–H and O–H groups in total. The Bertz CT molecular complexity index is 1460. The van der Waals surface area contributed by atoms with Gasteiger partial charge in [-0.05, 0) is 28.5 Å². The molecule has 0 amide bonds. The van der Waals surface area contributed by atoms with Crippen LogP contribution in [0.15, 0.2) is 86.8 Å². The number of rotatable bonds is 1. The molecule has 0 atom stereocenters. The van der Waals surface area contributed by atoms with Crippen molar-refractivity contribution in [3.63, 3.8) is 0 Å². The highest BCUT2D eigenvalue weighted by Crippen LogP contribution is 2.31. The highest BCUT2D eigenvalue weighted by molar-refractivity contribution is 6.18. The lowest BCUT2D eigenvalue weighted by Gasteiger charge is -2.12. The third-order valence-electron chi connectivity index (χ3n) is 5.07. The molecule has 2 aromatic heterocycles. The SMILES string of the molecule is Cn1c(-c2ccccc2)cc2c(c(=O)oc3ccc4ccccc4c32)c1=O. The van der Waals surface area contributed by atoms with Gasteiger partial charge in [-0.25, -0.2) is 4.79 Å². The van der Waals surface area contributed by atoms with Gasteiger partial charge >= 0.3 is 5.63 Å². The molecule has 0 saturated carbocycles. The summed E-state index contributed by atoms with van der Waals surface area (Å²) in [4.78, 5) is 25.6. The minimum absolute atomic E-state index is 0.0843. The second kappa shape index (κ2) is 5.68. The lowest BCUT2D eigenvalue weighted by Crippen LogP contribution is -2.23. The van der Waals surface area contributed by atoms with E-state index in [2.05, 4.69) is 0 Å². The normalized spacial score (nSPS) is 11.4. The Labute approximate surface area is 153 Å². The zero-order valence-corrected chi connectivity index (χ0v) is 14.6. The molecule has 0 aliphatic heterocycles. The predicted molar refractivity (Wildman–Crippen MR) is 108 cm³/mol. The summed E-state index contributed by atoms with van der Waals surface area (Å²) in [5.74, 6) is 0. The second-order valence-electron chi connectivity index (χ2n) is 6.60. The van der Waals surface area contributed by atoms with Crippen molar-refractivity contribution in [3.8, 4) is 11.3 Å². The van der Waals surface area contributed by atoms with Crippen molar-refractivity contribution in [2.75, 3.05) is 0 Å². The molecule has 0 unspecified atom stereocenters. The van der Waals surface area contributed by atoms with E-state index in [4.69, 9.17) is 4.42 Å². The molecular formula is C23H15NO3. The van der Waals surface area contributed by atoms with E-state index in [1.165, 1.54) is 4.57 Å². The zero-order valence-electron chi connectivity index (χ0n) is 14.6. The summed E-state index contributed by atoms with van der Waals surface area (Å²) >= 11 is 0. The van der Waals surface area contributed by atoms with Gasteiger partial charge in [0.25, 0.3) is 5.56 Å². The lowest BCUT2D eigenvalue weighted by molar-refractivity contribution is 0.568. The number of hydrogen-bond donors (Lipinski definition) is 0. The van der Waals surface area contributed by atoms with Gasteiger partial charge in [-0.1, -0.05) is 60.7 Å². The molecule has 0 radical (unpaired) electrons. The molecule has 0 aliphatic rings. The van der Waals surface area contributed by atoms with E-state index in [1.54, 1.807) is 13.1 Å². The lowest BCUT2D eigenvalue weighted by atomic mass is 10.00. The van der Waals surface area contributed by atoms with Crippen molar-refractivity contribution < 1.29 is 4.42 Å². The highest BCUT2D eigenvalue weighted by atomic mass is 16.4. The molecule has 130 valence electrons. The summed E-state index contributed by atoms with van der Waals surface area (Å²) in [7, 11) is 1.68. The van der Waals surface area contributed by atoms with Gasteiger partial charge in [0.15, 0.2) is 0 Å². The molecule has 0 fully saturated rings. The van der Waals surface area contributed by atoms with Crippen LogP contribution < -0.4 is 11.2 Å². The van der Waals surface area contributed by atoms with Crippen LogP contribution in [0.2, 0.25) is 0 Å². The molecule has 0 aliphatic carbocycles. The van der Waals surface area contributed by atoms with Gasteiger partial charge in [0.05, 0.1) is 5.69 Å². The molecule has 3 aromatic carbocycles. The molecular weight excluding hydrogens is 338 g/mol. The van der Waals surface area contributed by atoms with Crippen molar-refractivity contribution in [3.05, 3.63) is 93.6 Å². The quantitative estimate of drug-likeness (QED) is 0.330. The maximum Gasteiger partial charge on any atom is 0.349 e. The van der Waals surface area contributed by atoms with Crippen molar-refractivity contribution in [1.29, 1.82) is 0 Å². The monoisotopic (exact) mass is 353 g/mol. The fourth-order valence-electron chi connectivity index (χ4n) is 3.74. The largest absolute Gasteiger partial charge is 0.422 e. The van der Waals surface area contributed by atoms with Crippen LogP contribution in [0.5, 0.6) is 0 Å². The maximum absolute atomic E-state index is 13.0. The first-order valence-electron chi connectivity index (χ1n) is 8.69. The van der Waals surface area contributed by atoms with Crippen LogP contribution in [0.4, 0.5) is 0 Å². The Morgan fingerprint density at radius 1 is 0.778 bits per heavy atom. The fourth-order valence-corrected chi connectivity index (χ4v) is 3.74. The van der Waals surface area contributed by atoms with Gasteiger partial charge in [0.2, 0.25) is 0 Å². The average molecular weight is 353 g/mol. The molecule has 27 heavy (non-hydrogen) atoms. The van der Waals surface area contributed by atoms with Crippen LogP contribution in [-0.2, 0) is 7.05 Å². The van der Waals surface area contributed by atoms with Gasteiger partial charge in [0, 0.05) is 17.8 Å². The number of fused-ring (bicyclic) bond motifs is 5. The van der Waals surface area contributed by atoms with E-state index < -0.39 is 5.63 Å². The minimum Gasteiger partial charge on any atom is -0.422 e. The number of nitrogens with zero attached hydrogens (tertiary/aromatic N) is 1. The van der Waals surface area contributed by atoms with E-state index in [9.17, 15) is 9.59 Å².